The molecule has 9 heteroatoms. The van der Waals surface area contributed by atoms with E-state index in [0.29, 0.717) is 23.3 Å². The Morgan fingerprint density at radius 1 is 1.32 bits per heavy atom. The lowest BCUT2D eigenvalue weighted by molar-refractivity contribution is 0.432. The van der Waals surface area contributed by atoms with Crippen molar-refractivity contribution in [2.24, 2.45) is 0 Å². The SMILES string of the molecule is C=CCSc1nnc(C(CC)NS(=O)(=O)c2ccc(Cl)cc2)n1C1CCCC1. The predicted octanol–water partition coefficient (Wildman–Crippen LogP) is 4.75. The van der Waals surface area contributed by atoms with Gasteiger partial charge < -0.3 is 4.57 Å². The first-order valence-corrected chi connectivity index (χ1v) is 12.3. The number of hydrogen-bond donors (Lipinski definition) is 1. The average Bonchev–Trinajstić information content (AvgIpc) is 3.34. The van der Waals surface area contributed by atoms with Crippen LogP contribution in [0.4, 0.5) is 0 Å². The van der Waals surface area contributed by atoms with Gasteiger partial charge in [-0.1, -0.05) is 49.2 Å². The van der Waals surface area contributed by atoms with Crippen molar-refractivity contribution in [3.05, 3.63) is 47.8 Å². The van der Waals surface area contributed by atoms with Crippen LogP contribution in [-0.2, 0) is 10.0 Å². The Morgan fingerprint density at radius 3 is 2.61 bits per heavy atom. The van der Waals surface area contributed by atoms with E-state index in [4.69, 9.17) is 11.6 Å². The molecule has 0 amide bonds. The summed E-state index contributed by atoms with van der Waals surface area (Å²) in [7, 11) is -3.70. The van der Waals surface area contributed by atoms with Crippen LogP contribution >= 0.6 is 23.4 Å². The molecule has 152 valence electrons. The van der Waals surface area contributed by atoms with Gasteiger partial charge in [-0.05, 0) is 43.5 Å². The molecule has 0 radical (unpaired) electrons. The van der Waals surface area contributed by atoms with Crippen molar-refractivity contribution in [2.75, 3.05) is 5.75 Å². The molecular weight excluding hydrogens is 416 g/mol. The Hall–Kier alpha value is -1.35. The van der Waals surface area contributed by atoms with Gasteiger partial charge in [0.15, 0.2) is 11.0 Å². The molecule has 1 aliphatic rings. The Bertz CT molecular complexity index is 907. The Labute approximate surface area is 175 Å². The van der Waals surface area contributed by atoms with Gasteiger partial charge in [0.05, 0.1) is 10.9 Å². The quantitative estimate of drug-likeness (QED) is 0.449. The van der Waals surface area contributed by atoms with Crippen LogP contribution < -0.4 is 4.72 Å². The van der Waals surface area contributed by atoms with E-state index in [0.717, 1.165) is 23.8 Å². The van der Waals surface area contributed by atoms with Gasteiger partial charge in [0, 0.05) is 16.8 Å². The van der Waals surface area contributed by atoms with Crippen molar-refractivity contribution in [3.63, 3.8) is 0 Å². The molecule has 1 saturated carbocycles. The number of benzene rings is 1. The number of rotatable bonds is 9. The van der Waals surface area contributed by atoms with Crippen molar-refractivity contribution >= 4 is 33.4 Å². The molecule has 1 N–H and O–H groups in total. The van der Waals surface area contributed by atoms with Gasteiger partial charge in [0.25, 0.3) is 0 Å². The van der Waals surface area contributed by atoms with Crippen molar-refractivity contribution < 1.29 is 8.42 Å². The van der Waals surface area contributed by atoms with Crippen molar-refractivity contribution in [1.29, 1.82) is 0 Å². The van der Waals surface area contributed by atoms with Gasteiger partial charge in [-0.15, -0.1) is 16.8 Å². The van der Waals surface area contributed by atoms with Crippen LogP contribution in [0, 0.1) is 0 Å². The third-order valence-corrected chi connectivity index (χ3v) is 7.53. The molecule has 0 saturated heterocycles. The Balaban J connectivity index is 1.92. The lowest BCUT2D eigenvalue weighted by Gasteiger charge is -2.22. The van der Waals surface area contributed by atoms with E-state index < -0.39 is 16.1 Å². The number of nitrogens with one attached hydrogen (secondary N) is 1. The van der Waals surface area contributed by atoms with E-state index in [2.05, 4.69) is 26.1 Å². The molecule has 0 spiro atoms. The van der Waals surface area contributed by atoms with E-state index in [-0.39, 0.29) is 4.90 Å². The zero-order valence-electron chi connectivity index (χ0n) is 15.8. The maximum Gasteiger partial charge on any atom is 0.241 e. The van der Waals surface area contributed by atoms with Gasteiger partial charge in [-0.3, -0.25) is 0 Å². The Kier molecular flexibility index (Phi) is 7.20. The molecule has 0 bridgehead atoms. The van der Waals surface area contributed by atoms with Gasteiger partial charge >= 0.3 is 0 Å². The Morgan fingerprint density at radius 2 is 2.00 bits per heavy atom. The number of hydrogen-bond acceptors (Lipinski definition) is 5. The van der Waals surface area contributed by atoms with Crippen LogP contribution in [0.5, 0.6) is 0 Å². The van der Waals surface area contributed by atoms with Gasteiger partial charge in [-0.25, -0.2) is 13.1 Å². The zero-order valence-corrected chi connectivity index (χ0v) is 18.2. The number of halogens is 1. The topological polar surface area (TPSA) is 76.9 Å². The maximum atomic E-state index is 12.9. The van der Waals surface area contributed by atoms with E-state index in [1.807, 2.05) is 13.0 Å². The molecule has 28 heavy (non-hydrogen) atoms. The summed E-state index contributed by atoms with van der Waals surface area (Å²) in [5.41, 5.74) is 0. The molecule has 0 aliphatic heterocycles. The van der Waals surface area contributed by atoms with Crippen LogP contribution in [-0.4, -0.2) is 28.9 Å². The summed E-state index contributed by atoms with van der Waals surface area (Å²) in [6.45, 7) is 5.71. The summed E-state index contributed by atoms with van der Waals surface area (Å²) in [6, 6.07) is 6.01. The van der Waals surface area contributed by atoms with Gasteiger partial charge in [0.2, 0.25) is 10.0 Å². The first-order valence-electron chi connectivity index (χ1n) is 9.42. The third-order valence-electron chi connectivity index (χ3n) is 4.85. The maximum absolute atomic E-state index is 12.9. The monoisotopic (exact) mass is 440 g/mol. The summed E-state index contributed by atoms with van der Waals surface area (Å²) in [5, 5.41) is 10.1. The fourth-order valence-electron chi connectivity index (χ4n) is 3.45. The minimum atomic E-state index is -3.70. The molecule has 3 rings (SSSR count). The smallest absolute Gasteiger partial charge is 0.241 e. The lowest BCUT2D eigenvalue weighted by Crippen LogP contribution is -2.31. The minimum absolute atomic E-state index is 0.184. The zero-order chi connectivity index (χ0) is 20.1. The standard InChI is InChI=1S/C19H25ClN4O2S2/c1-3-13-27-19-22-21-18(24(19)15-7-5-6-8-15)17(4-2)23-28(25,26)16-11-9-14(20)10-12-16/h3,9-12,15,17,23H,1,4-8,13H2,2H3. The second kappa shape index (κ2) is 9.43. The van der Waals surface area contributed by atoms with Crippen molar-refractivity contribution in [1.82, 2.24) is 19.5 Å². The van der Waals surface area contributed by atoms with Crippen molar-refractivity contribution in [3.8, 4) is 0 Å². The van der Waals surface area contributed by atoms with Crippen molar-refractivity contribution in [2.45, 2.75) is 61.2 Å². The normalized spacial score (nSPS) is 16.4. The number of aromatic nitrogens is 3. The molecule has 1 unspecified atom stereocenters. The number of nitrogens with zero attached hydrogens (tertiary/aromatic N) is 3. The lowest BCUT2D eigenvalue weighted by atomic mass is 10.2. The summed E-state index contributed by atoms with van der Waals surface area (Å²) in [4.78, 5) is 0.184. The molecule has 1 heterocycles. The fraction of sp³-hybridized carbons (Fsp3) is 0.474. The highest BCUT2D eigenvalue weighted by atomic mass is 35.5. The molecule has 2 aromatic rings. The summed E-state index contributed by atoms with van der Waals surface area (Å²) < 4.78 is 30.7. The van der Waals surface area contributed by atoms with Crippen LogP contribution in [0.2, 0.25) is 5.02 Å². The summed E-state index contributed by atoms with van der Waals surface area (Å²) in [5.74, 6) is 1.41. The number of sulfonamides is 1. The largest absolute Gasteiger partial charge is 0.302 e. The minimum Gasteiger partial charge on any atom is -0.302 e. The van der Waals surface area contributed by atoms with Crippen LogP contribution in [0.25, 0.3) is 0 Å². The van der Waals surface area contributed by atoms with E-state index >= 15 is 0 Å². The second-order valence-corrected chi connectivity index (χ2v) is 9.92. The molecular formula is C19H25ClN4O2S2. The van der Waals surface area contributed by atoms with Crippen LogP contribution in [0.15, 0.2) is 47.0 Å². The fourth-order valence-corrected chi connectivity index (χ4v) is 5.60. The van der Waals surface area contributed by atoms with E-state index in [1.54, 1.807) is 23.9 Å². The van der Waals surface area contributed by atoms with Crippen LogP contribution in [0.1, 0.15) is 56.9 Å². The molecule has 6 nitrogen and oxygen atoms in total. The summed E-state index contributed by atoms with van der Waals surface area (Å²) in [6.07, 6.45) is 6.87. The average molecular weight is 441 g/mol. The van der Waals surface area contributed by atoms with Gasteiger partial charge in [0.1, 0.15) is 0 Å². The molecule has 1 atom stereocenters. The number of thioether (sulfide) groups is 1. The predicted molar refractivity (Wildman–Crippen MR) is 113 cm³/mol. The molecule has 1 aliphatic carbocycles. The molecule has 1 aromatic heterocycles. The first-order chi connectivity index (χ1) is 13.5. The van der Waals surface area contributed by atoms with Gasteiger partial charge in [-0.2, -0.15) is 0 Å². The third kappa shape index (κ3) is 4.79. The highest BCUT2D eigenvalue weighted by Gasteiger charge is 2.30. The van der Waals surface area contributed by atoms with E-state index in [1.165, 1.54) is 25.0 Å². The first kappa shape index (κ1) is 21.4. The molecule has 1 aromatic carbocycles. The van der Waals surface area contributed by atoms with E-state index in [9.17, 15) is 8.42 Å². The highest BCUT2D eigenvalue weighted by molar-refractivity contribution is 7.99. The highest BCUT2D eigenvalue weighted by Crippen LogP contribution is 2.36. The van der Waals surface area contributed by atoms with Crippen LogP contribution in [0.3, 0.4) is 0 Å². The molecule has 1 fully saturated rings. The summed E-state index contributed by atoms with van der Waals surface area (Å²) >= 11 is 7.46. The second-order valence-electron chi connectivity index (χ2n) is 6.78.